The van der Waals surface area contributed by atoms with Crippen molar-refractivity contribution >= 4 is 0 Å². The van der Waals surface area contributed by atoms with Gasteiger partial charge in [-0.25, -0.2) is 0 Å². The van der Waals surface area contributed by atoms with Crippen LogP contribution in [-0.2, 0) is 0 Å². The minimum atomic E-state index is -0.411. The maximum absolute atomic E-state index is 9.93. The molecule has 0 heterocycles. The molecule has 1 N–H and O–H groups in total. The molecule has 1 heteroatoms. The van der Waals surface area contributed by atoms with Crippen molar-refractivity contribution in [3.8, 4) is 0 Å². The smallest absolute Gasteiger partial charge is 0.0647 e. The van der Waals surface area contributed by atoms with Crippen molar-refractivity contribution in [2.24, 2.45) is 17.8 Å². The second-order valence-corrected chi connectivity index (χ2v) is 4.52. The van der Waals surface area contributed by atoms with E-state index in [0.717, 1.165) is 12.3 Å². The van der Waals surface area contributed by atoms with Crippen molar-refractivity contribution in [2.45, 2.75) is 46.1 Å². The maximum Gasteiger partial charge on any atom is 0.0647 e. The molecule has 4 unspecified atom stereocenters. The molecule has 0 aliphatic heterocycles. The second kappa shape index (κ2) is 2.78. The lowest BCUT2D eigenvalue weighted by atomic mass is 9.67. The summed E-state index contributed by atoms with van der Waals surface area (Å²) >= 11 is 0. The summed E-state index contributed by atoms with van der Waals surface area (Å²) in [6.45, 7) is 8.68. The number of aliphatic hydroxyl groups is 1. The number of hydrogen-bond acceptors (Lipinski definition) is 1. The first kappa shape index (κ1) is 9.05. The molecule has 0 bridgehead atoms. The van der Waals surface area contributed by atoms with Gasteiger partial charge in [0.05, 0.1) is 5.60 Å². The molecule has 0 aromatic rings. The van der Waals surface area contributed by atoms with E-state index < -0.39 is 5.60 Å². The lowest BCUT2D eigenvalue weighted by Gasteiger charge is -2.42. The molecular formula is C10H20O. The van der Waals surface area contributed by atoms with Gasteiger partial charge in [0, 0.05) is 0 Å². The van der Waals surface area contributed by atoms with Crippen LogP contribution >= 0.6 is 0 Å². The molecule has 0 spiro atoms. The van der Waals surface area contributed by atoms with E-state index in [0.29, 0.717) is 11.8 Å². The first-order valence-corrected chi connectivity index (χ1v) is 4.67. The lowest BCUT2D eigenvalue weighted by molar-refractivity contribution is -0.0640. The van der Waals surface area contributed by atoms with Crippen LogP contribution in [-0.4, -0.2) is 10.7 Å². The Morgan fingerprint density at radius 1 is 1.27 bits per heavy atom. The Morgan fingerprint density at radius 3 is 2.27 bits per heavy atom. The highest BCUT2D eigenvalue weighted by Crippen LogP contribution is 2.40. The quantitative estimate of drug-likeness (QED) is 0.571. The van der Waals surface area contributed by atoms with Gasteiger partial charge in [0.2, 0.25) is 0 Å². The van der Waals surface area contributed by atoms with Crippen LogP contribution < -0.4 is 0 Å². The van der Waals surface area contributed by atoms with Gasteiger partial charge in [-0.1, -0.05) is 20.8 Å². The van der Waals surface area contributed by atoms with Crippen molar-refractivity contribution in [1.82, 2.24) is 0 Å². The monoisotopic (exact) mass is 156 g/mol. The molecule has 0 amide bonds. The topological polar surface area (TPSA) is 20.2 Å². The van der Waals surface area contributed by atoms with Crippen LogP contribution in [0.5, 0.6) is 0 Å². The SMILES string of the molecule is CC1CCC(C)(O)C(C)C1C. The second-order valence-electron chi connectivity index (χ2n) is 4.52. The Bertz CT molecular complexity index is 140. The fourth-order valence-electron chi connectivity index (χ4n) is 2.07. The normalized spacial score (nSPS) is 52.6. The number of hydrogen-bond donors (Lipinski definition) is 1. The van der Waals surface area contributed by atoms with Gasteiger partial charge in [0.1, 0.15) is 0 Å². The molecule has 1 aliphatic rings. The van der Waals surface area contributed by atoms with E-state index in [2.05, 4.69) is 20.8 Å². The largest absolute Gasteiger partial charge is 0.390 e. The minimum Gasteiger partial charge on any atom is -0.390 e. The van der Waals surface area contributed by atoms with Gasteiger partial charge in [-0.2, -0.15) is 0 Å². The average Bonchev–Trinajstić information content (AvgIpc) is 1.95. The van der Waals surface area contributed by atoms with E-state index in [1.54, 1.807) is 0 Å². The van der Waals surface area contributed by atoms with Gasteiger partial charge in [0.15, 0.2) is 0 Å². The van der Waals surface area contributed by atoms with Gasteiger partial charge >= 0.3 is 0 Å². The third kappa shape index (κ3) is 1.58. The summed E-state index contributed by atoms with van der Waals surface area (Å²) in [7, 11) is 0. The van der Waals surface area contributed by atoms with E-state index in [1.807, 2.05) is 6.92 Å². The molecule has 1 nitrogen and oxygen atoms in total. The molecule has 1 fully saturated rings. The number of rotatable bonds is 0. The Labute approximate surface area is 69.8 Å². The predicted octanol–water partition coefficient (Wildman–Crippen LogP) is 2.44. The summed E-state index contributed by atoms with van der Waals surface area (Å²) in [6.07, 6.45) is 2.15. The molecule has 4 atom stereocenters. The van der Waals surface area contributed by atoms with Crippen molar-refractivity contribution in [3.05, 3.63) is 0 Å². The summed E-state index contributed by atoms with van der Waals surface area (Å²) in [6, 6.07) is 0. The van der Waals surface area contributed by atoms with Crippen LogP contribution in [0.4, 0.5) is 0 Å². The Kier molecular flexibility index (Phi) is 2.29. The zero-order chi connectivity index (χ0) is 8.65. The van der Waals surface area contributed by atoms with E-state index in [-0.39, 0.29) is 0 Å². The summed E-state index contributed by atoms with van der Waals surface area (Å²) in [4.78, 5) is 0. The molecule has 1 rings (SSSR count). The highest BCUT2D eigenvalue weighted by molar-refractivity contribution is 4.89. The van der Waals surface area contributed by atoms with Crippen molar-refractivity contribution in [2.75, 3.05) is 0 Å². The fourth-order valence-corrected chi connectivity index (χ4v) is 2.07. The van der Waals surface area contributed by atoms with Crippen molar-refractivity contribution < 1.29 is 5.11 Å². The zero-order valence-corrected chi connectivity index (χ0v) is 8.09. The molecule has 0 aromatic carbocycles. The summed E-state index contributed by atoms with van der Waals surface area (Å²) < 4.78 is 0. The third-order valence-corrected chi connectivity index (χ3v) is 3.77. The van der Waals surface area contributed by atoms with Gasteiger partial charge in [-0.05, 0) is 37.5 Å². The average molecular weight is 156 g/mol. The molecule has 0 radical (unpaired) electrons. The van der Waals surface area contributed by atoms with Crippen LogP contribution in [0.15, 0.2) is 0 Å². The Hall–Kier alpha value is -0.0400. The summed E-state index contributed by atoms with van der Waals surface area (Å²) in [5.74, 6) is 1.90. The van der Waals surface area contributed by atoms with Crippen LogP contribution in [0.1, 0.15) is 40.5 Å². The van der Waals surface area contributed by atoms with Crippen LogP contribution in [0.3, 0.4) is 0 Å². The highest BCUT2D eigenvalue weighted by Gasteiger charge is 2.38. The van der Waals surface area contributed by atoms with Crippen LogP contribution in [0.2, 0.25) is 0 Å². The molecule has 66 valence electrons. The highest BCUT2D eigenvalue weighted by atomic mass is 16.3. The molecule has 1 saturated carbocycles. The summed E-state index contributed by atoms with van der Waals surface area (Å²) in [5.41, 5.74) is -0.411. The molecule has 11 heavy (non-hydrogen) atoms. The van der Waals surface area contributed by atoms with Crippen LogP contribution in [0.25, 0.3) is 0 Å². The van der Waals surface area contributed by atoms with Crippen molar-refractivity contribution in [3.63, 3.8) is 0 Å². The third-order valence-electron chi connectivity index (χ3n) is 3.77. The maximum atomic E-state index is 9.93. The fraction of sp³-hybridized carbons (Fsp3) is 1.00. The van der Waals surface area contributed by atoms with E-state index in [4.69, 9.17) is 0 Å². The van der Waals surface area contributed by atoms with Gasteiger partial charge < -0.3 is 5.11 Å². The lowest BCUT2D eigenvalue weighted by Crippen LogP contribution is -2.43. The predicted molar refractivity (Wildman–Crippen MR) is 47.3 cm³/mol. The van der Waals surface area contributed by atoms with Crippen molar-refractivity contribution in [1.29, 1.82) is 0 Å². The molecule has 0 aromatic heterocycles. The van der Waals surface area contributed by atoms with E-state index in [1.165, 1.54) is 6.42 Å². The van der Waals surface area contributed by atoms with E-state index in [9.17, 15) is 5.11 Å². The first-order valence-electron chi connectivity index (χ1n) is 4.67. The van der Waals surface area contributed by atoms with Gasteiger partial charge in [0.25, 0.3) is 0 Å². The van der Waals surface area contributed by atoms with E-state index >= 15 is 0 Å². The van der Waals surface area contributed by atoms with Gasteiger partial charge in [-0.15, -0.1) is 0 Å². The first-order chi connectivity index (χ1) is 4.95. The van der Waals surface area contributed by atoms with Crippen LogP contribution in [0, 0.1) is 17.8 Å². The standard InChI is InChI=1S/C10H20O/c1-7-5-6-10(4,11)9(3)8(7)2/h7-9,11H,5-6H2,1-4H3. The Morgan fingerprint density at radius 2 is 1.82 bits per heavy atom. The minimum absolute atomic E-state index is 0.411. The summed E-state index contributed by atoms with van der Waals surface area (Å²) in [5, 5.41) is 9.93. The molecule has 1 aliphatic carbocycles. The molecular weight excluding hydrogens is 136 g/mol. The Balaban J connectivity index is 2.67. The van der Waals surface area contributed by atoms with Gasteiger partial charge in [-0.3, -0.25) is 0 Å². The molecule has 0 saturated heterocycles. The zero-order valence-electron chi connectivity index (χ0n) is 8.09.